The fourth-order valence-electron chi connectivity index (χ4n) is 2.56. The minimum Gasteiger partial charge on any atom is -0.384 e. The first kappa shape index (κ1) is 17.2. The van der Waals surface area contributed by atoms with E-state index in [2.05, 4.69) is 23.3 Å². The predicted molar refractivity (Wildman–Crippen MR) is 91.1 cm³/mol. The molecule has 1 N–H and O–H groups in total. The molecule has 122 valence electrons. The van der Waals surface area contributed by atoms with Gasteiger partial charge >= 0.3 is 0 Å². The van der Waals surface area contributed by atoms with E-state index in [9.17, 15) is 4.79 Å². The Balaban J connectivity index is 2.36. The number of aromatic nitrogens is 1. The highest BCUT2D eigenvalue weighted by molar-refractivity contribution is 5.82. The number of carbonyl (C=O) groups excluding carboxylic acids is 1. The number of methoxy groups -OCH3 is 1. The monoisotopic (exact) mass is 312 g/mol. The van der Waals surface area contributed by atoms with E-state index in [0.717, 1.165) is 16.7 Å². The van der Waals surface area contributed by atoms with E-state index in [-0.39, 0.29) is 11.9 Å². The first-order valence-corrected chi connectivity index (χ1v) is 7.71. The van der Waals surface area contributed by atoms with Crippen molar-refractivity contribution in [2.45, 2.75) is 26.8 Å². The summed E-state index contributed by atoms with van der Waals surface area (Å²) in [4.78, 5) is 16.8. The summed E-state index contributed by atoms with van der Waals surface area (Å²) in [6.45, 7) is 6.19. The molecule has 1 atom stereocenters. The standard InChI is InChI=1S/C19H24N2O2/c1-14-7-5-6-8-16(14)17(15-9-11-20-12-10-15)21-18(22)19(2,3)13-23-4/h5-12,17H,13H2,1-4H3,(H,21,22). The Labute approximate surface area is 137 Å². The number of hydrogen-bond donors (Lipinski definition) is 1. The van der Waals surface area contributed by atoms with Crippen LogP contribution in [0.4, 0.5) is 0 Å². The second kappa shape index (κ2) is 7.38. The normalized spacial score (nSPS) is 12.7. The molecular weight excluding hydrogens is 288 g/mol. The molecule has 1 aromatic heterocycles. The fourth-order valence-corrected chi connectivity index (χ4v) is 2.56. The van der Waals surface area contributed by atoms with E-state index in [1.54, 1.807) is 19.5 Å². The third kappa shape index (κ3) is 4.17. The van der Waals surface area contributed by atoms with Gasteiger partial charge in [-0.05, 0) is 49.6 Å². The Kier molecular flexibility index (Phi) is 5.50. The van der Waals surface area contributed by atoms with Gasteiger partial charge in [0.2, 0.25) is 5.91 Å². The summed E-state index contributed by atoms with van der Waals surface area (Å²) in [5.74, 6) is -0.0376. The van der Waals surface area contributed by atoms with Crippen molar-refractivity contribution >= 4 is 5.91 Å². The average Bonchev–Trinajstić information content (AvgIpc) is 2.54. The van der Waals surface area contributed by atoms with Crippen molar-refractivity contribution in [1.29, 1.82) is 0 Å². The summed E-state index contributed by atoms with van der Waals surface area (Å²) >= 11 is 0. The van der Waals surface area contributed by atoms with Gasteiger partial charge in [-0.3, -0.25) is 9.78 Å². The van der Waals surface area contributed by atoms with Crippen molar-refractivity contribution in [2.24, 2.45) is 5.41 Å². The van der Waals surface area contributed by atoms with Crippen molar-refractivity contribution in [3.05, 3.63) is 65.5 Å². The summed E-state index contributed by atoms with van der Waals surface area (Å²) < 4.78 is 5.17. The van der Waals surface area contributed by atoms with Gasteiger partial charge in [0.05, 0.1) is 18.1 Å². The zero-order valence-corrected chi connectivity index (χ0v) is 14.2. The van der Waals surface area contributed by atoms with E-state index in [4.69, 9.17) is 4.74 Å². The summed E-state index contributed by atoms with van der Waals surface area (Å²) in [5, 5.41) is 3.17. The van der Waals surface area contributed by atoms with Gasteiger partial charge in [-0.15, -0.1) is 0 Å². The zero-order chi connectivity index (χ0) is 16.9. The molecule has 4 heteroatoms. The summed E-state index contributed by atoms with van der Waals surface area (Å²) in [5.41, 5.74) is 2.64. The molecule has 0 aliphatic rings. The van der Waals surface area contributed by atoms with Crippen LogP contribution in [-0.4, -0.2) is 24.6 Å². The lowest BCUT2D eigenvalue weighted by Crippen LogP contribution is -2.42. The van der Waals surface area contributed by atoms with Crippen LogP contribution in [0.2, 0.25) is 0 Å². The number of aryl methyl sites for hydroxylation is 1. The Morgan fingerprint density at radius 2 is 1.87 bits per heavy atom. The molecule has 1 unspecified atom stereocenters. The molecule has 0 saturated carbocycles. The second-order valence-electron chi connectivity index (χ2n) is 6.36. The number of ether oxygens (including phenoxy) is 1. The van der Waals surface area contributed by atoms with Crippen LogP contribution < -0.4 is 5.32 Å². The molecule has 2 aromatic rings. The number of benzene rings is 1. The number of pyridine rings is 1. The maximum Gasteiger partial charge on any atom is 0.228 e. The van der Waals surface area contributed by atoms with Crippen LogP contribution in [-0.2, 0) is 9.53 Å². The Hall–Kier alpha value is -2.20. The predicted octanol–water partition coefficient (Wildman–Crippen LogP) is 3.27. The summed E-state index contributed by atoms with van der Waals surface area (Å²) in [7, 11) is 1.61. The van der Waals surface area contributed by atoms with E-state index in [0.29, 0.717) is 6.61 Å². The largest absolute Gasteiger partial charge is 0.384 e. The third-order valence-corrected chi connectivity index (χ3v) is 3.93. The lowest BCUT2D eigenvalue weighted by Gasteiger charge is -2.28. The Morgan fingerprint density at radius 3 is 2.48 bits per heavy atom. The second-order valence-corrected chi connectivity index (χ2v) is 6.36. The molecule has 0 aliphatic carbocycles. The third-order valence-electron chi connectivity index (χ3n) is 3.93. The minimum atomic E-state index is -0.595. The van der Waals surface area contributed by atoms with Crippen LogP contribution in [0.5, 0.6) is 0 Å². The minimum absolute atomic E-state index is 0.0376. The topological polar surface area (TPSA) is 51.2 Å². The quantitative estimate of drug-likeness (QED) is 0.890. The Bertz CT molecular complexity index is 653. The molecule has 1 aromatic carbocycles. The molecular formula is C19H24N2O2. The van der Waals surface area contributed by atoms with Gasteiger partial charge in [-0.25, -0.2) is 0 Å². The highest BCUT2D eigenvalue weighted by Crippen LogP contribution is 2.26. The van der Waals surface area contributed by atoms with Crippen molar-refractivity contribution < 1.29 is 9.53 Å². The maximum absolute atomic E-state index is 12.7. The number of rotatable bonds is 6. The van der Waals surface area contributed by atoms with Crippen LogP contribution >= 0.6 is 0 Å². The van der Waals surface area contributed by atoms with Gasteiger partial charge in [-0.2, -0.15) is 0 Å². The van der Waals surface area contributed by atoms with E-state index in [1.165, 1.54) is 0 Å². The van der Waals surface area contributed by atoms with Crippen molar-refractivity contribution in [3.8, 4) is 0 Å². The summed E-state index contributed by atoms with van der Waals surface area (Å²) in [6, 6.07) is 11.7. The van der Waals surface area contributed by atoms with Crippen LogP contribution in [0, 0.1) is 12.3 Å². The lowest BCUT2D eigenvalue weighted by molar-refractivity contribution is -0.132. The molecule has 1 heterocycles. The van der Waals surface area contributed by atoms with Crippen LogP contribution in [0.1, 0.15) is 36.6 Å². The SMILES string of the molecule is COCC(C)(C)C(=O)NC(c1ccncc1)c1ccccc1C. The van der Waals surface area contributed by atoms with E-state index >= 15 is 0 Å². The molecule has 0 saturated heterocycles. The molecule has 0 fully saturated rings. The number of amides is 1. The molecule has 0 aliphatic heterocycles. The highest BCUT2D eigenvalue weighted by atomic mass is 16.5. The molecule has 0 bridgehead atoms. The van der Waals surface area contributed by atoms with Crippen molar-refractivity contribution in [1.82, 2.24) is 10.3 Å². The lowest BCUT2D eigenvalue weighted by atomic mass is 9.90. The number of nitrogens with zero attached hydrogens (tertiary/aromatic N) is 1. The summed E-state index contributed by atoms with van der Waals surface area (Å²) in [6.07, 6.45) is 3.49. The molecule has 0 radical (unpaired) electrons. The first-order valence-electron chi connectivity index (χ1n) is 7.71. The molecule has 2 rings (SSSR count). The van der Waals surface area contributed by atoms with Crippen molar-refractivity contribution in [2.75, 3.05) is 13.7 Å². The number of nitrogens with one attached hydrogen (secondary N) is 1. The highest BCUT2D eigenvalue weighted by Gasteiger charge is 2.30. The molecule has 0 spiro atoms. The Morgan fingerprint density at radius 1 is 1.22 bits per heavy atom. The van der Waals surface area contributed by atoms with Crippen LogP contribution in [0.3, 0.4) is 0 Å². The van der Waals surface area contributed by atoms with Gasteiger partial charge in [0, 0.05) is 19.5 Å². The molecule has 1 amide bonds. The van der Waals surface area contributed by atoms with Gasteiger partial charge in [0.25, 0.3) is 0 Å². The first-order chi connectivity index (χ1) is 11.0. The van der Waals surface area contributed by atoms with Gasteiger partial charge in [-0.1, -0.05) is 24.3 Å². The van der Waals surface area contributed by atoms with Crippen LogP contribution in [0.25, 0.3) is 0 Å². The zero-order valence-electron chi connectivity index (χ0n) is 14.2. The average molecular weight is 312 g/mol. The smallest absolute Gasteiger partial charge is 0.228 e. The van der Waals surface area contributed by atoms with Gasteiger partial charge in [0.15, 0.2) is 0 Å². The van der Waals surface area contributed by atoms with Gasteiger partial charge in [0.1, 0.15) is 0 Å². The van der Waals surface area contributed by atoms with Gasteiger partial charge < -0.3 is 10.1 Å². The maximum atomic E-state index is 12.7. The number of hydrogen-bond acceptors (Lipinski definition) is 3. The van der Waals surface area contributed by atoms with Crippen LogP contribution in [0.15, 0.2) is 48.8 Å². The van der Waals surface area contributed by atoms with E-state index in [1.807, 2.05) is 44.2 Å². The van der Waals surface area contributed by atoms with Crippen molar-refractivity contribution in [3.63, 3.8) is 0 Å². The molecule has 23 heavy (non-hydrogen) atoms. The molecule has 4 nitrogen and oxygen atoms in total. The van der Waals surface area contributed by atoms with E-state index < -0.39 is 5.41 Å². The fraction of sp³-hybridized carbons (Fsp3) is 0.368. The number of carbonyl (C=O) groups is 1.